The second-order valence-electron chi connectivity index (χ2n) is 6.99. The first kappa shape index (κ1) is 15.4. The largest absolute Gasteiger partial charge is 0.339 e. The minimum Gasteiger partial charge on any atom is -0.339 e. The standard InChI is InChI=1S/C21H22FNO/c22-20-11-5-4-10-17(20)18-14-19(18)21(24)23-12-6-9-16(23)13-15-7-2-1-3-8-15/h1-5,7-8,10-11,16,18-19H,6,9,12-14H2. The van der Waals surface area contributed by atoms with E-state index in [0.29, 0.717) is 11.6 Å². The zero-order chi connectivity index (χ0) is 16.5. The van der Waals surface area contributed by atoms with Crippen molar-refractivity contribution in [3.05, 3.63) is 71.5 Å². The number of benzene rings is 2. The SMILES string of the molecule is O=C(C1CC1c1ccccc1F)N1CCCC1Cc1ccccc1. The van der Waals surface area contributed by atoms with E-state index in [0.717, 1.165) is 32.2 Å². The summed E-state index contributed by atoms with van der Waals surface area (Å²) in [5.74, 6) is 0.0803. The molecule has 2 aromatic carbocycles. The van der Waals surface area contributed by atoms with Gasteiger partial charge in [0.1, 0.15) is 5.82 Å². The molecule has 1 saturated carbocycles. The molecule has 0 radical (unpaired) electrons. The molecule has 2 nitrogen and oxygen atoms in total. The lowest BCUT2D eigenvalue weighted by atomic mass is 10.0. The van der Waals surface area contributed by atoms with Gasteiger partial charge in [-0.25, -0.2) is 4.39 Å². The van der Waals surface area contributed by atoms with Gasteiger partial charge < -0.3 is 4.90 Å². The zero-order valence-corrected chi connectivity index (χ0v) is 13.7. The van der Waals surface area contributed by atoms with E-state index >= 15 is 0 Å². The van der Waals surface area contributed by atoms with E-state index in [1.165, 1.54) is 11.6 Å². The molecule has 24 heavy (non-hydrogen) atoms. The molecule has 0 bridgehead atoms. The molecule has 3 unspecified atom stereocenters. The summed E-state index contributed by atoms with van der Waals surface area (Å²) in [6.07, 6.45) is 3.84. The molecule has 1 amide bonds. The van der Waals surface area contributed by atoms with Crippen molar-refractivity contribution in [2.75, 3.05) is 6.54 Å². The van der Waals surface area contributed by atoms with Gasteiger partial charge in [0.25, 0.3) is 0 Å². The Bertz CT molecular complexity index is 730. The summed E-state index contributed by atoms with van der Waals surface area (Å²) in [6.45, 7) is 0.844. The third-order valence-electron chi connectivity index (χ3n) is 5.39. The average Bonchev–Trinajstić information content (AvgIpc) is 3.27. The lowest BCUT2D eigenvalue weighted by Crippen LogP contribution is -2.38. The van der Waals surface area contributed by atoms with Crippen molar-refractivity contribution >= 4 is 5.91 Å². The summed E-state index contributed by atoms with van der Waals surface area (Å²) in [5, 5.41) is 0. The maximum absolute atomic E-state index is 13.9. The van der Waals surface area contributed by atoms with E-state index in [4.69, 9.17) is 0 Å². The zero-order valence-electron chi connectivity index (χ0n) is 13.7. The Labute approximate surface area is 142 Å². The number of carbonyl (C=O) groups is 1. The number of hydrogen-bond donors (Lipinski definition) is 0. The van der Waals surface area contributed by atoms with E-state index < -0.39 is 0 Å². The number of amides is 1. The van der Waals surface area contributed by atoms with Crippen molar-refractivity contribution in [3.63, 3.8) is 0 Å². The van der Waals surface area contributed by atoms with Gasteiger partial charge >= 0.3 is 0 Å². The molecule has 1 aliphatic carbocycles. The van der Waals surface area contributed by atoms with Crippen LogP contribution in [0, 0.1) is 11.7 Å². The lowest BCUT2D eigenvalue weighted by Gasteiger charge is -2.25. The molecule has 3 heteroatoms. The lowest BCUT2D eigenvalue weighted by molar-refractivity contribution is -0.133. The monoisotopic (exact) mass is 323 g/mol. The quantitative estimate of drug-likeness (QED) is 0.827. The molecule has 2 aromatic rings. The fourth-order valence-electron chi connectivity index (χ4n) is 4.02. The van der Waals surface area contributed by atoms with Gasteiger partial charge in [-0.15, -0.1) is 0 Å². The van der Waals surface area contributed by atoms with E-state index in [9.17, 15) is 9.18 Å². The molecule has 0 aromatic heterocycles. The molecular weight excluding hydrogens is 301 g/mol. The van der Waals surface area contributed by atoms with Gasteiger partial charge in [-0.1, -0.05) is 48.5 Å². The van der Waals surface area contributed by atoms with Gasteiger partial charge in [0.2, 0.25) is 5.91 Å². The maximum atomic E-state index is 13.9. The normalized spacial score (nSPS) is 25.7. The van der Waals surface area contributed by atoms with Crippen LogP contribution in [0.25, 0.3) is 0 Å². The second kappa shape index (κ2) is 6.39. The molecule has 2 fully saturated rings. The van der Waals surface area contributed by atoms with Gasteiger partial charge in [0.05, 0.1) is 0 Å². The third-order valence-corrected chi connectivity index (χ3v) is 5.39. The summed E-state index contributed by atoms with van der Waals surface area (Å²) in [4.78, 5) is 15.0. The highest BCUT2D eigenvalue weighted by Crippen LogP contribution is 2.49. The Morgan fingerprint density at radius 1 is 1.08 bits per heavy atom. The Morgan fingerprint density at radius 3 is 2.62 bits per heavy atom. The Kier molecular flexibility index (Phi) is 4.09. The fourth-order valence-corrected chi connectivity index (χ4v) is 4.02. The molecule has 1 heterocycles. The first-order valence-electron chi connectivity index (χ1n) is 8.83. The number of carbonyl (C=O) groups excluding carboxylic acids is 1. The highest BCUT2D eigenvalue weighted by atomic mass is 19.1. The number of rotatable bonds is 4. The predicted octanol–water partition coefficient (Wildman–Crippen LogP) is 4.16. The van der Waals surface area contributed by atoms with Crippen LogP contribution in [0.3, 0.4) is 0 Å². The number of hydrogen-bond acceptors (Lipinski definition) is 1. The van der Waals surface area contributed by atoms with Gasteiger partial charge in [0, 0.05) is 18.5 Å². The van der Waals surface area contributed by atoms with Crippen molar-refractivity contribution < 1.29 is 9.18 Å². The first-order chi connectivity index (χ1) is 11.7. The van der Waals surface area contributed by atoms with Crippen molar-refractivity contribution in [1.29, 1.82) is 0 Å². The molecule has 2 aliphatic rings. The molecular formula is C21H22FNO. The summed E-state index contributed by atoms with van der Waals surface area (Å²) < 4.78 is 13.9. The predicted molar refractivity (Wildman–Crippen MR) is 92.1 cm³/mol. The Hall–Kier alpha value is -2.16. The van der Waals surface area contributed by atoms with Crippen LogP contribution in [0.5, 0.6) is 0 Å². The Morgan fingerprint density at radius 2 is 1.83 bits per heavy atom. The van der Waals surface area contributed by atoms with E-state index in [-0.39, 0.29) is 23.6 Å². The molecule has 1 saturated heterocycles. The number of nitrogens with zero attached hydrogens (tertiary/aromatic N) is 1. The average molecular weight is 323 g/mol. The first-order valence-corrected chi connectivity index (χ1v) is 8.83. The molecule has 3 atom stereocenters. The van der Waals surface area contributed by atoms with Gasteiger partial charge in [-0.05, 0) is 48.8 Å². The minimum absolute atomic E-state index is 0.0294. The molecule has 0 spiro atoms. The van der Waals surface area contributed by atoms with Crippen LogP contribution in [0.2, 0.25) is 0 Å². The van der Waals surface area contributed by atoms with Crippen LogP contribution in [-0.4, -0.2) is 23.4 Å². The van der Waals surface area contributed by atoms with Crippen LogP contribution in [0.4, 0.5) is 4.39 Å². The van der Waals surface area contributed by atoms with E-state index in [1.807, 2.05) is 30.3 Å². The number of likely N-dealkylation sites (tertiary alicyclic amines) is 1. The van der Waals surface area contributed by atoms with Crippen LogP contribution >= 0.6 is 0 Å². The van der Waals surface area contributed by atoms with E-state index in [1.54, 1.807) is 6.07 Å². The van der Waals surface area contributed by atoms with Crippen LogP contribution in [0.15, 0.2) is 54.6 Å². The summed E-state index contributed by atoms with van der Waals surface area (Å²) in [5.41, 5.74) is 1.98. The van der Waals surface area contributed by atoms with Crippen LogP contribution in [-0.2, 0) is 11.2 Å². The topological polar surface area (TPSA) is 20.3 Å². The van der Waals surface area contributed by atoms with Crippen molar-refractivity contribution in [1.82, 2.24) is 4.90 Å². The highest BCUT2D eigenvalue weighted by molar-refractivity contribution is 5.83. The minimum atomic E-state index is -0.181. The van der Waals surface area contributed by atoms with Crippen LogP contribution < -0.4 is 0 Å². The molecule has 0 N–H and O–H groups in total. The summed E-state index contributed by atoms with van der Waals surface area (Å²) >= 11 is 0. The molecule has 124 valence electrons. The molecule has 4 rings (SSSR count). The highest BCUT2D eigenvalue weighted by Gasteiger charge is 2.48. The summed E-state index contributed by atoms with van der Waals surface area (Å²) in [6, 6.07) is 17.5. The molecule has 1 aliphatic heterocycles. The summed E-state index contributed by atoms with van der Waals surface area (Å²) in [7, 11) is 0. The van der Waals surface area contributed by atoms with Crippen molar-refractivity contribution in [2.45, 2.75) is 37.6 Å². The fraction of sp³-hybridized carbons (Fsp3) is 0.381. The van der Waals surface area contributed by atoms with E-state index in [2.05, 4.69) is 17.0 Å². The van der Waals surface area contributed by atoms with Gasteiger partial charge in [-0.2, -0.15) is 0 Å². The third kappa shape index (κ3) is 2.95. The number of halogens is 1. The second-order valence-corrected chi connectivity index (χ2v) is 6.99. The smallest absolute Gasteiger partial charge is 0.226 e. The maximum Gasteiger partial charge on any atom is 0.226 e. The van der Waals surface area contributed by atoms with Gasteiger partial charge in [0.15, 0.2) is 0 Å². The Balaban J connectivity index is 1.44. The van der Waals surface area contributed by atoms with Crippen molar-refractivity contribution in [3.8, 4) is 0 Å². The van der Waals surface area contributed by atoms with Crippen molar-refractivity contribution in [2.24, 2.45) is 5.92 Å². The van der Waals surface area contributed by atoms with Crippen LogP contribution in [0.1, 0.15) is 36.3 Å². The van der Waals surface area contributed by atoms with Gasteiger partial charge in [-0.3, -0.25) is 4.79 Å².